The number of nitro benzene ring substituents is 1. The fourth-order valence-corrected chi connectivity index (χ4v) is 3.95. The molecule has 1 aliphatic rings. The van der Waals surface area contributed by atoms with Gasteiger partial charge in [-0.1, -0.05) is 18.2 Å². The molecule has 3 rings (SSSR count). The van der Waals surface area contributed by atoms with Gasteiger partial charge in [-0.3, -0.25) is 19.6 Å². The van der Waals surface area contributed by atoms with Gasteiger partial charge in [0.25, 0.3) is 21.6 Å². The molecule has 0 saturated carbocycles. The molecule has 1 amide bonds. The van der Waals surface area contributed by atoms with Crippen LogP contribution >= 0.6 is 0 Å². The summed E-state index contributed by atoms with van der Waals surface area (Å²) in [7, 11) is -4.12. The van der Waals surface area contributed by atoms with Gasteiger partial charge in [0, 0.05) is 24.7 Å². The average molecular weight is 405 g/mol. The summed E-state index contributed by atoms with van der Waals surface area (Å²) < 4.78 is 33.1. The quantitative estimate of drug-likeness (QED) is 0.601. The Bertz CT molecular complexity index is 1020. The molecular formula is C18H19N3O6S. The number of amides is 1. The summed E-state index contributed by atoms with van der Waals surface area (Å²) in [5.41, 5.74) is 0.379. The van der Waals surface area contributed by atoms with E-state index in [0.717, 1.165) is 6.07 Å². The number of hydrogen-bond acceptors (Lipinski definition) is 6. The van der Waals surface area contributed by atoms with Crippen LogP contribution in [-0.2, 0) is 14.8 Å². The molecule has 0 radical (unpaired) electrons. The lowest BCUT2D eigenvalue weighted by atomic mass is 10.1. The van der Waals surface area contributed by atoms with Gasteiger partial charge in [0.1, 0.15) is 0 Å². The maximum atomic E-state index is 12.8. The van der Waals surface area contributed by atoms with Gasteiger partial charge in [0.05, 0.1) is 34.3 Å². The lowest BCUT2D eigenvalue weighted by molar-refractivity contribution is -0.385. The van der Waals surface area contributed by atoms with Crippen molar-refractivity contribution in [3.63, 3.8) is 0 Å². The molecule has 148 valence electrons. The first-order chi connectivity index (χ1) is 13.3. The van der Waals surface area contributed by atoms with Gasteiger partial charge in [-0.15, -0.1) is 0 Å². The molecule has 0 bridgehead atoms. The highest BCUT2D eigenvalue weighted by atomic mass is 32.2. The smallest absolute Gasteiger partial charge is 0.273 e. The van der Waals surface area contributed by atoms with Crippen LogP contribution in [0.1, 0.15) is 15.9 Å². The molecule has 0 aliphatic carbocycles. The molecule has 0 spiro atoms. The average Bonchev–Trinajstić information content (AvgIpc) is 2.68. The number of rotatable bonds is 5. The molecule has 28 heavy (non-hydrogen) atoms. The van der Waals surface area contributed by atoms with E-state index in [4.69, 9.17) is 4.74 Å². The first-order valence-electron chi connectivity index (χ1n) is 8.53. The molecule has 2 aromatic carbocycles. The molecule has 1 fully saturated rings. The van der Waals surface area contributed by atoms with Crippen molar-refractivity contribution in [1.82, 2.24) is 4.90 Å². The van der Waals surface area contributed by atoms with Crippen molar-refractivity contribution in [2.75, 3.05) is 31.0 Å². The summed E-state index contributed by atoms with van der Waals surface area (Å²) in [6.07, 6.45) is 0. The predicted octanol–water partition coefficient (Wildman–Crippen LogP) is 2.18. The molecule has 1 aliphatic heterocycles. The number of nitrogens with one attached hydrogen (secondary N) is 1. The Morgan fingerprint density at radius 3 is 2.54 bits per heavy atom. The minimum Gasteiger partial charge on any atom is -0.378 e. The van der Waals surface area contributed by atoms with E-state index >= 15 is 0 Å². The third-order valence-electron chi connectivity index (χ3n) is 4.39. The Labute approximate surface area is 162 Å². The molecule has 2 aromatic rings. The molecule has 1 heterocycles. The summed E-state index contributed by atoms with van der Waals surface area (Å²) in [4.78, 5) is 24.6. The molecule has 10 heteroatoms. The second-order valence-corrected chi connectivity index (χ2v) is 7.94. The normalized spacial score (nSPS) is 14.5. The molecule has 9 nitrogen and oxygen atoms in total. The largest absolute Gasteiger partial charge is 0.378 e. The van der Waals surface area contributed by atoms with Crippen molar-refractivity contribution < 1.29 is 22.9 Å². The Hall–Kier alpha value is -2.98. The zero-order chi connectivity index (χ0) is 20.3. The maximum Gasteiger partial charge on any atom is 0.273 e. The lowest BCUT2D eigenvalue weighted by Gasteiger charge is -2.27. The van der Waals surface area contributed by atoms with Crippen LogP contribution in [0.15, 0.2) is 47.4 Å². The minimum absolute atomic E-state index is 0.113. The first kappa shape index (κ1) is 19.8. The summed E-state index contributed by atoms with van der Waals surface area (Å²) in [5.74, 6) is -0.309. The summed E-state index contributed by atoms with van der Waals surface area (Å²) >= 11 is 0. The molecule has 1 saturated heterocycles. The van der Waals surface area contributed by atoms with Gasteiger partial charge in [0.2, 0.25) is 0 Å². The van der Waals surface area contributed by atoms with Crippen molar-refractivity contribution in [3.05, 3.63) is 63.7 Å². The van der Waals surface area contributed by atoms with E-state index < -0.39 is 14.9 Å². The van der Waals surface area contributed by atoms with Crippen LogP contribution in [-0.4, -0.2) is 50.5 Å². The van der Waals surface area contributed by atoms with Crippen LogP contribution in [0.4, 0.5) is 11.4 Å². The number of nitrogens with zero attached hydrogens (tertiary/aromatic N) is 2. The summed E-state index contributed by atoms with van der Waals surface area (Å²) in [6, 6.07) is 9.92. The van der Waals surface area contributed by atoms with Gasteiger partial charge in [-0.25, -0.2) is 8.42 Å². The number of hydrogen-bond donors (Lipinski definition) is 1. The summed E-state index contributed by atoms with van der Waals surface area (Å²) in [5, 5.41) is 11.1. The Kier molecular flexibility index (Phi) is 5.61. The van der Waals surface area contributed by atoms with E-state index in [1.165, 1.54) is 31.2 Å². The van der Waals surface area contributed by atoms with Crippen LogP contribution in [0.3, 0.4) is 0 Å². The Balaban J connectivity index is 1.92. The summed E-state index contributed by atoms with van der Waals surface area (Å²) in [6.45, 7) is 3.21. The van der Waals surface area contributed by atoms with Crippen molar-refractivity contribution in [2.24, 2.45) is 0 Å². The third kappa shape index (κ3) is 4.12. The number of ether oxygens (including phenoxy) is 1. The number of aryl methyl sites for hydroxylation is 1. The number of nitro groups is 1. The fourth-order valence-electron chi connectivity index (χ4n) is 2.85. The highest BCUT2D eigenvalue weighted by Gasteiger charge is 2.24. The van der Waals surface area contributed by atoms with Gasteiger partial charge in [-0.05, 0) is 25.1 Å². The van der Waals surface area contributed by atoms with Crippen molar-refractivity contribution >= 4 is 27.3 Å². The molecule has 0 aromatic heterocycles. The fraction of sp³-hybridized carbons (Fsp3) is 0.278. The highest BCUT2D eigenvalue weighted by molar-refractivity contribution is 7.92. The zero-order valence-corrected chi connectivity index (χ0v) is 15.9. The lowest BCUT2D eigenvalue weighted by Crippen LogP contribution is -2.41. The SMILES string of the molecule is Cc1ccc(S(=O)(=O)Nc2ccccc2C(=O)N2CCOCC2)cc1[N+](=O)[O-]. The zero-order valence-electron chi connectivity index (χ0n) is 15.1. The van der Waals surface area contributed by atoms with E-state index in [1.807, 2.05) is 0 Å². The number of para-hydroxylation sites is 1. The predicted molar refractivity (Wildman–Crippen MR) is 102 cm³/mol. The van der Waals surface area contributed by atoms with Gasteiger partial charge >= 0.3 is 0 Å². The molecule has 1 N–H and O–H groups in total. The van der Waals surface area contributed by atoms with Gasteiger partial charge < -0.3 is 9.64 Å². The topological polar surface area (TPSA) is 119 Å². The Morgan fingerprint density at radius 1 is 1.18 bits per heavy atom. The molecule has 0 unspecified atom stereocenters. The monoisotopic (exact) mass is 405 g/mol. The van der Waals surface area contributed by atoms with Gasteiger partial charge in [-0.2, -0.15) is 0 Å². The number of benzene rings is 2. The molecular weight excluding hydrogens is 386 g/mol. The van der Waals surface area contributed by atoms with E-state index in [1.54, 1.807) is 17.0 Å². The van der Waals surface area contributed by atoms with E-state index in [2.05, 4.69) is 4.72 Å². The van der Waals surface area contributed by atoms with E-state index in [-0.39, 0.29) is 27.7 Å². The number of anilines is 1. The standard InChI is InChI=1S/C18H19N3O6S/c1-13-6-7-14(12-17(13)21(23)24)28(25,26)19-16-5-3-2-4-15(16)18(22)20-8-10-27-11-9-20/h2-7,12,19H,8-11H2,1H3. The second-order valence-electron chi connectivity index (χ2n) is 6.26. The number of carbonyl (C=O) groups is 1. The van der Waals surface area contributed by atoms with Crippen LogP contribution < -0.4 is 4.72 Å². The van der Waals surface area contributed by atoms with E-state index in [9.17, 15) is 23.3 Å². The van der Waals surface area contributed by atoms with Gasteiger partial charge in [0.15, 0.2) is 0 Å². The van der Waals surface area contributed by atoms with Crippen LogP contribution in [0.25, 0.3) is 0 Å². The first-order valence-corrected chi connectivity index (χ1v) is 10.0. The molecule has 0 atom stereocenters. The van der Waals surface area contributed by atoms with Crippen molar-refractivity contribution in [2.45, 2.75) is 11.8 Å². The van der Waals surface area contributed by atoms with Crippen molar-refractivity contribution in [1.29, 1.82) is 0 Å². The number of morpholine rings is 1. The number of sulfonamides is 1. The van der Waals surface area contributed by atoms with Crippen LogP contribution in [0.2, 0.25) is 0 Å². The number of carbonyl (C=O) groups excluding carboxylic acids is 1. The van der Waals surface area contributed by atoms with Crippen LogP contribution in [0, 0.1) is 17.0 Å². The third-order valence-corrected chi connectivity index (χ3v) is 5.75. The Morgan fingerprint density at radius 2 is 1.86 bits per heavy atom. The van der Waals surface area contributed by atoms with Crippen LogP contribution in [0.5, 0.6) is 0 Å². The second kappa shape index (κ2) is 7.95. The van der Waals surface area contributed by atoms with Crippen molar-refractivity contribution in [3.8, 4) is 0 Å². The highest BCUT2D eigenvalue weighted by Crippen LogP contribution is 2.26. The maximum absolute atomic E-state index is 12.8. The minimum atomic E-state index is -4.12. The van der Waals surface area contributed by atoms with E-state index in [0.29, 0.717) is 31.9 Å².